The van der Waals surface area contributed by atoms with E-state index in [1.54, 1.807) is 0 Å². The van der Waals surface area contributed by atoms with Crippen molar-refractivity contribution in [2.24, 2.45) is 5.92 Å². The predicted octanol–water partition coefficient (Wildman–Crippen LogP) is 2.97. The van der Waals surface area contributed by atoms with Gasteiger partial charge in [0.25, 0.3) is 0 Å². The Morgan fingerprint density at radius 2 is 2.17 bits per heavy atom. The summed E-state index contributed by atoms with van der Waals surface area (Å²) in [6, 6.07) is 8.09. The number of aryl methyl sites for hydroxylation is 1. The summed E-state index contributed by atoms with van der Waals surface area (Å²) in [4.78, 5) is 16.7. The highest BCUT2D eigenvalue weighted by Gasteiger charge is 2.30. The van der Waals surface area contributed by atoms with Crippen molar-refractivity contribution < 1.29 is 4.79 Å². The maximum atomic E-state index is 12.0. The van der Waals surface area contributed by atoms with Crippen molar-refractivity contribution in [2.45, 2.75) is 39.2 Å². The Bertz CT molecular complexity index is 581. The van der Waals surface area contributed by atoms with E-state index < -0.39 is 0 Å². The van der Waals surface area contributed by atoms with Gasteiger partial charge in [-0.25, -0.2) is 4.98 Å². The first kappa shape index (κ1) is 11.5. The molecule has 0 spiro atoms. The lowest BCUT2D eigenvalue weighted by Gasteiger charge is -2.07. The third kappa shape index (κ3) is 2.05. The minimum atomic E-state index is 0.320. The summed E-state index contributed by atoms with van der Waals surface area (Å²) in [5.41, 5.74) is 2.10. The Hall–Kier alpha value is -1.64. The summed E-state index contributed by atoms with van der Waals surface area (Å²) < 4.78 is 2.11. The lowest BCUT2D eigenvalue weighted by Crippen LogP contribution is -2.14. The Morgan fingerprint density at radius 3 is 2.89 bits per heavy atom. The average molecular weight is 242 g/mol. The second-order valence-corrected chi connectivity index (χ2v) is 5.09. The molecule has 1 aliphatic carbocycles. The molecular formula is C15H18N2O. The Morgan fingerprint density at radius 1 is 1.39 bits per heavy atom. The number of rotatable bonds is 5. The van der Waals surface area contributed by atoms with E-state index in [1.165, 1.54) is 0 Å². The first-order chi connectivity index (χ1) is 8.79. The van der Waals surface area contributed by atoms with Gasteiger partial charge in [-0.3, -0.25) is 4.79 Å². The molecule has 0 bridgehead atoms. The number of imidazole rings is 1. The van der Waals surface area contributed by atoms with Gasteiger partial charge in [0.05, 0.1) is 17.6 Å². The zero-order valence-electron chi connectivity index (χ0n) is 10.7. The van der Waals surface area contributed by atoms with Crippen LogP contribution in [0.3, 0.4) is 0 Å². The van der Waals surface area contributed by atoms with Crippen LogP contribution in [0.2, 0.25) is 0 Å². The second-order valence-electron chi connectivity index (χ2n) is 5.09. The van der Waals surface area contributed by atoms with Crippen LogP contribution in [-0.2, 0) is 17.8 Å². The smallest absolute Gasteiger partial charge is 0.155 e. The molecule has 1 aliphatic rings. The number of hydrogen-bond acceptors (Lipinski definition) is 2. The highest BCUT2D eigenvalue weighted by molar-refractivity contribution is 5.85. The lowest BCUT2D eigenvalue weighted by molar-refractivity contribution is -0.120. The molecule has 1 fully saturated rings. The molecule has 3 nitrogen and oxygen atoms in total. The molecule has 1 saturated carbocycles. The fourth-order valence-corrected chi connectivity index (χ4v) is 2.41. The molecule has 0 aliphatic heterocycles. The molecule has 0 unspecified atom stereocenters. The molecule has 18 heavy (non-hydrogen) atoms. The first-order valence-corrected chi connectivity index (χ1v) is 6.76. The van der Waals surface area contributed by atoms with Crippen molar-refractivity contribution in [1.29, 1.82) is 0 Å². The van der Waals surface area contributed by atoms with E-state index in [9.17, 15) is 4.79 Å². The zero-order valence-corrected chi connectivity index (χ0v) is 10.7. The van der Waals surface area contributed by atoms with Gasteiger partial charge in [0, 0.05) is 12.3 Å². The van der Waals surface area contributed by atoms with Gasteiger partial charge in [-0.15, -0.1) is 0 Å². The van der Waals surface area contributed by atoms with E-state index >= 15 is 0 Å². The van der Waals surface area contributed by atoms with E-state index in [-0.39, 0.29) is 0 Å². The van der Waals surface area contributed by atoms with Gasteiger partial charge >= 0.3 is 0 Å². The van der Waals surface area contributed by atoms with Crippen molar-refractivity contribution in [3.05, 3.63) is 30.1 Å². The zero-order chi connectivity index (χ0) is 12.5. The van der Waals surface area contributed by atoms with Crippen LogP contribution in [0, 0.1) is 5.92 Å². The molecule has 3 heteroatoms. The van der Waals surface area contributed by atoms with E-state index in [0.717, 1.165) is 42.5 Å². The summed E-state index contributed by atoms with van der Waals surface area (Å²) in [5.74, 6) is 1.74. The van der Waals surface area contributed by atoms with Crippen LogP contribution in [0.25, 0.3) is 11.0 Å². The third-order valence-corrected chi connectivity index (χ3v) is 3.55. The number of para-hydroxylation sites is 2. The molecule has 0 atom stereocenters. The molecule has 2 aromatic rings. The number of carbonyl (C=O) groups excluding carboxylic acids is 1. The summed E-state index contributed by atoms with van der Waals surface area (Å²) in [7, 11) is 0. The fourth-order valence-electron chi connectivity index (χ4n) is 2.41. The Labute approximate surface area is 107 Å². The summed E-state index contributed by atoms with van der Waals surface area (Å²) in [6.45, 7) is 2.65. The van der Waals surface area contributed by atoms with Crippen LogP contribution < -0.4 is 0 Å². The molecule has 0 N–H and O–H groups in total. The lowest BCUT2D eigenvalue weighted by atomic mass is 10.2. The largest absolute Gasteiger partial charge is 0.320 e. The van der Waals surface area contributed by atoms with Gasteiger partial charge in [0.2, 0.25) is 0 Å². The van der Waals surface area contributed by atoms with Gasteiger partial charge in [-0.2, -0.15) is 0 Å². The van der Waals surface area contributed by atoms with Crippen LogP contribution >= 0.6 is 0 Å². The third-order valence-electron chi connectivity index (χ3n) is 3.55. The van der Waals surface area contributed by atoms with Gasteiger partial charge in [0.1, 0.15) is 5.82 Å². The summed E-state index contributed by atoms with van der Waals surface area (Å²) >= 11 is 0. The predicted molar refractivity (Wildman–Crippen MR) is 71.5 cm³/mol. The number of carbonyl (C=O) groups is 1. The Kier molecular flexibility index (Phi) is 2.90. The highest BCUT2D eigenvalue weighted by atomic mass is 16.1. The molecule has 0 saturated heterocycles. The topological polar surface area (TPSA) is 34.9 Å². The van der Waals surface area contributed by atoms with E-state index in [2.05, 4.69) is 22.5 Å². The van der Waals surface area contributed by atoms with Crippen LogP contribution in [0.15, 0.2) is 24.3 Å². The molecule has 0 radical (unpaired) electrons. The monoisotopic (exact) mass is 242 g/mol. The molecule has 1 aromatic carbocycles. The van der Waals surface area contributed by atoms with Gasteiger partial charge in [-0.05, 0) is 31.4 Å². The van der Waals surface area contributed by atoms with Crippen molar-refractivity contribution in [1.82, 2.24) is 9.55 Å². The number of nitrogens with zero attached hydrogens (tertiary/aromatic N) is 2. The number of hydrogen-bond donors (Lipinski definition) is 0. The molecule has 1 aromatic heterocycles. The molecular weight excluding hydrogens is 224 g/mol. The van der Waals surface area contributed by atoms with Crippen molar-refractivity contribution in [2.75, 3.05) is 0 Å². The number of benzene rings is 1. The SMILES string of the molecule is CCCc1nc2ccccc2n1CC(=O)C1CC1. The molecule has 94 valence electrons. The van der Waals surface area contributed by atoms with E-state index in [4.69, 9.17) is 0 Å². The molecule has 3 rings (SSSR count). The van der Waals surface area contributed by atoms with Gasteiger partial charge in [-0.1, -0.05) is 19.1 Å². The number of ketones is 1. The second kappa shape index (κ2) is 4.56. The van der Waals surface area contributed by atoms with Crippen molar-refractivity contribution in [3.63, 3.8) is 0 Å². The maximum Gasteiger partial charge on any atom is 0.155 e. The first-order valence-electron chi connectivity index (χ1n) is 6.76. The van der Waals surface area contributed by atoms with Crippen LogP contribution in [0.1, 0.15) is 32.0 Å². The van der Waals surface area contributed by atoms with Crippen molar-refractivity contribution in [3.8, 4) is 0 Å². The summed E-state index contributed by atoms with van der Waals surface area (Å²) in [5, 5.41) is 0. The van der Waals surface area contributed by atoms with Crippen LogP contribution in [-0.4, -0.2) is 15.3 Å². The minimum Gasteiger partial charge on any atom is -0.320 e. The highest BCUT2D eigenvalue weighted by Crippen LogP contribution is 2.31. The normalized spacial score (nSPS) is 15.2. The molecule has 0 amide bonds. The molecule has 1 heterocycles. The van der Waals surface area contributed by atoms with Crippen LogP contribution in [0.5, 0.6) is 0 Å². The fraction of sp³-hybridized carbons (Fsp3) is 0.467. The number of aromatic nitrogens is 2. The van der Waals surface area contributed by atoms with E-state index in [1.807, 2.05) is 18.2 Å². The number of Topliss-reactive ketones (excluding diaryl/α,β-unsaturated/α-hetero) is 1. The van der Waals surface area contributed by atoms with E-state index in [0.29, 0.717) is 18.2 Å². The van der Waals surface area contributed by atoms with Gasteiger partial charge in [0.15, 0.2) is 5.78 Å². The maximum absolute atomic E-state index is 12.0. The van der Waals surface area contributed by atoms with Crippen molar-refractivity contribution >= 4 is 16.8 Å². The average Bonchev–Trinajstić information content (AvgIpc) is 3.16. The number of fused-ring (bicyclic) bond motifs is 1. The minimum absolute atomic E-state index is 0.320. The standard InChI is InChI=1S/C15H18N2O/c1-2-5-15-16-12-6-3-4-7-13(12)17(15)10-14(18)11-8-9-11/h3-4,6-7,11H,2,5,8-10H2,1H3. The Balaban J connectivity index is 1.99. The summed E-state index contributed by atoms with van der Waals surface area (Å²) in [6.07, 6.45) is 4.15. The van der Waals surface area contributed by atoms with Gasteiger partial charge < -0.3 is 4.57 Å². The van der Waals surface area contributed by atoms with Crippen LogP contribution in [0.4, 0.5) is 0 Å². The quantitative estimate of drug-likeness (QED) is 0.808.